The molecule has 3 rings (SSSR count). The van der Waals surface area contributed by atoms with Crippen molar-refractivity contribution in [3.8, 4) is 0 Å². The molecule has 7 nitrogen and oxygen atoms in total. The fourth-order valence-electron chi connectivity index (χ4n) is 2.15. The Labute approximate surface area is 117 Å². The maximum Gasteiger partial charge on any atom is 0.282 e. The second kappa shape index (κ2) is 4.86. The molecule has 106 valence electrons. The van der Waals surface area contributed by atoms with Gasteiger partial charge in [0.15, 0.2) is 10.8 Å². The summed E-state index contributed by atoms with van der Waals surface area (Å²) in [5.74, 6) is 1.02. The average molecular weight is 293 g/mol. The van der Waals surface area contributed by atoms with Crippen molar-refractivity contribution in [2.45, 2.75) is 37.8 Å². The Morgan fingerprint density at radius 2 is 2.10 bits per heavy atom. The Morgan fingerprint density at radius 3 is 2.80 bits per heavy atom. The summed E-state index contributed by atoms with van der Waals surface area (Å²) in [5.41, 5.74) is 0.727. The summed E-state index contributed by atoms with van der Waals surface area (Å²) in [6.07, 6.45) is 7.41. The topological polar surface area (TPSA) is 89.8 Å². The van der Waals surface area contributed by atoms with Gasteiger partial charge in [-0.3, -0.25) is 9.71 Å². The lowest BCUT2D eigenvalue weighted by atomic mass is 10.2. The molecule has 0 atom stereocenters. The van der Waals surface area contributed by atoms with Crippen molar-refractivity contribution in [2.75, 3.05) is 4.72 Å². The summed E-state index contributed by atoms with van der Waals surface area (Å²) in [4.78, 5) is 12.2. The molecule has 1 aliphatic heterocycles. The van der Waals surface area contributed by atoms with Gasteiger partial charge in [-0.25, -0.2) is 9.97 Å². The normalized spacial score (nSPS) is 14.8. The van der Waals surface area contributed by atoms with E-state index in [9.17, 15) is 8.42 Å². The Kier molecular flexibility index (Phi) is 3.17. The second-order valence-corrected chi connectivity index (χ2v) is 6.42. The average Bonchev–Trinajstić information content (AvgIpc) is 2.86. The van der Waals surface area contributed by atoms with E-state index in [2.05, 4.69) is 19.7 Å². The monoisotopic (exact) mass is 293 g/mol. The fourth-order valence-corrected chi connectivity index (χ4v) is 3.13. The maximum atomic E-state index is 12.2. The first-order valence-electron chi connectivity index (χ1n) is 6.42. The van der Waals surface area contributed by atoms with Gasteiger partial charge in [-0.2, -0.15) is 8.42 Å². The van der Waals surface area contributed by atoms with E-state index in [1.54, 1.807) is 13.1 Å². The molecule has 0 saturated carbocycles. The molecule has 0 fully saturated rings. The number of rotatable bonds is 3. The molecular weight excluding hydrogens is 278 g/mol. The molecule has 8 heteroatoms. The van der Waals surface area contributed by atoms with Crippen LogP contribution in [-0.4, -0.2) is 27.9 Å². The minimum Gasteiger partial charge on any atom is -0.333 e. The minimum atomic E-state index is -3.70. The van der Waals surface area contributed by atoms with E-state index < -0.39 is 10.0 Å². The van der Waals surface area contributed by atoms with Gasteiger partial charge in [0.25, 0.3) is 10.0 Å². The van der Waals surface area contributed by atoms with Gasteiger partial charge >= 0.3 is 0 Å². The number of hydrogen-bond donors (Lipinski definition) is 1. The van der Waals surface area contributed by atoms with Gasteiger partial charge in [0.1, 0.15) is 5.82 Å². The zero-order valence-corrected chi connectivity index (χ0v) is 11.9. The summed E-state index contributed by atoms with van der Waals surface area (Å²) in [7, 11) is -3.70. The van der Waals surface area contributed by atoms with E-state index in [1.807, 2.05) is 4.57 Å². The Bertz CT molecular complexity index is 697. The molecular formula is C12H15N5O2S. The molecule has 0 aliphatic carbocycles. The van der Waals surface area contributed by atoms with E-state index in [0.717, 1.165) is 37.3 Å². The second-order valence-electron chi connectivity index (χ2n) is 4.79. The van der Waals surface area contributed by atoms with Crippen molar-refractivity contribution in [3.05, 3.63) is 30.1 Å². The largest absolute Gasteiger partial charge is 0.333 e. The van der Waals surface area contributed by atoms with Crippen LogP contribution in [0.15, 0.2) is 23.6 Å². The summed E-state index contributed by atoms with van der Waals surface area (Å²) < 4.78 is 28.8. The van der Waals surface area contributed by atoms with Crippen molar-refractivity contribution in [2.24, 2.45) is 0 Å². The first-order valence-corrected chi connectivity index (χ1v) is 7.90. The highest BCUT2D eigenvalue weighted by Crippen LogP contribution is 2.18. The molecule has 0 saturated heterocycles. The number of aryl methyl sites for hydroxylation is 3. The smallest absolute Gasteiger partial charge is 0.282 e. The molecule has 3 heterocycles. The summed E-state index contributed by atoms with van der Waals surface area (Å²) in [6.45, 7) is 2.61. The highest BCUT2D eigenvalue weighted by Gasteiger charge is 2.22. The fraction of sp³-hybridized carbons (Fsp3) is 0.417. The van der Waals surface area contributed by atoms with Crippen LogP contribution in [0, 0.1) is 6.92 Å². The maximum absolute atomic E-state index is 12.2. The number of imidazole rings is 1. The number of hydrogen-bond acceptors (Lipinski definition) is 5. The van der Waals surface area contributed by atoms with E-state index in [-0.39, 0.29) is 10.8 Å². The summed E-state index contributed by atoms with van der Waals surface area (Å²) >= 11 is 0. The van der Waals surface area contributed by atoms with Crippen LogP contribution in [0.25, 0.3) is 0 Å². The number of aromatic nitrogens is 4. The van der Waals surface area contributed by atoms with Gasteiger partial charge in [0.2, 0.25) is 0 Å². The van der Waals surface area contributed by atoms with Crippen molar-refractivity contribution in [1.82, 2.24) is 19.5 Å². The summed E-state index contributed by atoms with van der Waals surface area (Å²) in [6, 6.07) is 0. The molecule has 2 aromatic heterocycles. The lowest BCUT2D eigenvalue weighted by molar-refractivity contribution is 0.522. The Hall–Kier alpha value is -1.96. The number of sulfonamides is 1. The molecule has 2 aromatic rings. The van der Waals surface area contributed by atoms with Gasteiger partial charge in [-0.15, -0.1) is 0 Å². The standard InChI is InChI=1S/C12H15N5O2S/c1-9-6-14-10(7-13-9)16-20(18,19)12-8-17-5-3-2-4-11(17)15-12/h6-8H,2-5H2,1H3,(H,14,16). The highest BCUT2D eigenvalue weighted by atomic mass is 32.2. The van der Waals surface area contributed by atoms with Crippen LogP contribution in [0.5, 0.6) is 0 Å². The van der Waals surface area contributed by atoms with Gasteiger partial charge in [0, 0.05) is 19.2 Å². The first-order chi connectivity index (χ1) is 9.54. The van der Waals surface area contributed by atoms with Crippen LogP contribution in [0.1, 0.15) is 24.4 Å². The lowest BCUT2D eigenvalue weighted by Gasteiger charge is -2.11. The Morgan fingerprint density at radius 1 is 1.25 bits per heavy atom. The molecule has 0 radical (unpaired) electrons. The van der Waals surface area contributed by atoms with Gasteiger partial charge in [-0.1, -0.05) is 0 Å². The van der Waals surface area contributed by atoms with Gasteiger partial charge in [0.05, 0.1) is 18.1 Å². The van der Waals surface area contributed by atoms with Crippen molar-refractivity contribution >= 4 is 15.8 Å². The number of nitrogens with zero attached hydrogens (tertiary/aromatic N) is 4. The third kappa shape index (κ3) is 2.51. The predicted octanol–water partition coefficient (Wildman–Crippen LogP) is 1.12. The number of nitrogens with one attached hydrogen (secondary N) is 1. The quantitative estimate of drug-likeness (QED) is 0.916. The molecule has 0 bridgehead atoms. The SMILES string of the molecule is Cc1cnc(NS(=O)(=O)c2cn3c(n2)CCCC3)cn1. The van der Waals surface area contributed by atoms with Crippen molar-refractivity contribution < 1.29 is 8.42 Å². The zero-order valence-electron chi connectivity index (χ0n) is 11.1. The van der Waals surface area contributed by atoms with Gasteiger partial charge < -0.3 is 4.57 Å². The van der Waals surface area contributed by atoms with Gasteiger partial charge in [-0.05, 0) is 19.8 Å². The van der Waals surface area contributed by atoms with Crippen molar-refractivity contribution in [1.29, 1.82) is 0 Å². The van der Waals surface area contributed by atoms with Crippen LogP contribution in [0.2, 0.25) is 0 Å². The minimum absolute atomic E-state index is 0.0387. The summed E-state index contributed by atoms with van der Waals surface area (Å²) in [5, 5.41) is 0.0387. The van der Waals surface area contributed by atoms with Crippen LogP contribution in [0.4, 0.5) is 5.82 Å². The van der Waals surface area contributed by atoms with E-state index in [1.165, 1.54) is 12.4 Å². The highest BCUT2D eigenvalue weighted by molar-refractivity contribution is 7.92. The van der Waals surface area contributed by atoms with E-state index in [4.69, 9.17) is 0 Å². The number of anilines is 1. The molecule has 0 amide bonds. The molecule has 0 aromatic carbocycles. The first kappa shape index (κ1) is 13.0. The van der Waals surface area contributed by atoms with E-state index >= 15 is 0 Å². The molecule has 0 unspecified atom stereocenters. The number of fused-ring (bicyclic) bond motifs is 1. The van der Waals surface area contributed by atoms with Crippen LogP contribution in [-0.2, 0) is 23.0 Å². The molecule has 1 aliphatic rings. The third-order valence-electron chi connectivity index (χ3n) is 3.18. The zero-order chi connectivity index (χ0) is 14.2. The van der Waals surface area contributed by atoms with Crippen molar-refractivity contribution in [3.63, 3.8) is 0 Å². The van der Waals surface area contributed by atoms with Crippen LogP contribution >= 0.6 is 0 Å². The van der Waals surface area contributed by atoms with Crippen LogP contribution < -0.4 is 4.72 Å². The predicted molar refractivity (Wildman–Crippen MR) is 72.7 cm³/mol. The van der Waals surface area contributed by atoms with Crippen LogP contribution in [0.3, 0.4) is 0 Å². The van der Waals surface area contributed by atoms with E-state index in [0.29, 0.717) is 0 Å². The third-order valence-corrected chi connectivity index (χ3v) is 4.41. The lowest BCUT2D eigenvalue weighted by Crippen LogP contribution is -2.14. The molecule has 1 N–H and O–H groups in total. The Balaban J connectivity index is 1.88. The molecule has 20 heavy (non-hydrogen) atoms. The molecule has 0 spiro atoms.